The Balaban J connectivity index is 4.49. The normalized spacial score (nSPS) is 12.9. The van der Waals surface area contributed by atoms with E-state index >= 15 is 0 Å². The topological polar surface area (TPSA) is 82.1 Å². The molecule has 0 spiro atoms. The average Bonchev–Trinajstić information content (AvgIpc) is 2.63. The van der Waals surface area contributed by atoms with Crippen LogP contribution in [-0.4, -0.2) is 44.2 Å². The van der Waals surface area contributed by atoms with Gasteiger partial charge in [0.1, 0.15) is 6.61 Å². The summed E-state index contributed by atoms with van der Waals surface area (Å²) in [5.74, 6) is -1.30. The standard InChI is InChI=1S/C22H34O6/c1-16(2)9-7-11-19(21(23)24)12-8-10-17(3)13-14-28-22(25)18(4)15-20(26-5)27-6/h9,12-13,15,20H,7-8,10-11,14H2,1-6H3,(H,23,24)/b17-13+,18-15+,19-12-. The maximum absolute atomic E-state index is 11.9. The molecular formula is C22H34O6. The van der Waals surface area contributed by atoms with Crippen molar-refractivity contribution >= 4 is 11.9 Å². The van der Waals surface area contributed by atoms with Gasteiger partial charge >= 0.3 is 11.9 Å². The number of carbonyl (C=O) groups is 2. The van der Waals surface area contributed by atoms with E-state index in [1.54, 1.807) is 19.1 Å². The molecule has 0 saturated heterocycles. The molecular weight excluding hydrogens is 360 g/mol. The van der Waals surface area contributed by atoms with E-state index in [1.165, 1.54) is 19.8 Å². The molecule has 0 amide bonds. The van der Waals surface area contributed by atoms with Crippen molar-refractivity contribution in [1.29, 1.82) is 0 Å². The third-order valence-corrected chi connectivity index (χ3v) is 3.99. The number of methoxy groups -OCH3 is 2. The Bertz CT molecular complexity index is 617. The van der Waals surface area contributed by atoms with E-state index in [4.69, 9.17) is 14.2 Å². The lowest BCUT2D eigenvalue weighted by Crippen LogP contribution is -2.13. The van der Waals surface area contributed by atoms with Gasteiger partial charge in [-0.05, 0) is 65.5 Å². The summed E-state index contributed by atoms with van der Waals surface area (Å²) in [5.41, 5.74) is 3.06. The first-order valence-corrected chi connectivity index (χ1v) is 9.33. The summed E-state index contributed by atoms with van der Waals surface area (Å²) >= 11 is 0. The van der Waals surface area contributed by atoms with Crippen molar-refractivity contribution < 1.29 is 28.9 Å². The van der Waals surface area contributed by atoms with Crippen LogP contribution in [0.2, 0.25) is 0 Å². The predicted octanol–water partition coefficient (Wildman–Crippen LogP) is 4.58. The van der Waals surface area contributed by atoms with E-state index in [0.717, 1.165) is 12.0 Å². The molecule has 0 bridgehead atoms. The molecule has 0 aliphatic heterocycles. The van der Waals surface area contributed by atoms with Crippen LogP contribution in [0.4, 0.5) is 0 Å². The summed E-state index contributed by atoms with van der Waals surface area (Å²) in [4.78, 5) is 23.2. The van der Waals surface area contributed by atoms with Crippen molar-refractivity contribution in [1.82, 2.24) is 0 Å². The number of ether oxygens (including phenoxy) is 3. The van der Waals surface area contributed by atoms with E-state index < -0.39 is 18.2 Å². The number of esters is 1. The quantitative estimate of drug-likeness (QED) is 0.213. The SMILES string of the molecule is COC(/C=C(\C)C(=O)OC/C=C(\C)CC/C=C(/CCC=C(C)C)C(=O)O)OC. The van der Waals surface area contributed by atoms with Gasteiger partial charge in [-0.2, -0.15) is 0 Å². The van der Waals surface area contributed by atoms with E-state index in [9.17, 15) is 14.7 Å². The zero-order chi connectivity index (χ0) is 21.5. The Morgan fingerprint density at radius 1 is 0.929 bits per heavy atom. The minimum atomic E-state index is -0.870. The average molecular weight is 395 g/mol. The molecule has 0 heterocycles. The first-order chi connectivity index (χ1) is 13.2. The van der Waals surface area contributed by atoms with Crippen molar-refractivity contribution in [3.63, 3.8) is 0 Å². The molecule has 6 heteroatoms. The number of hydrogen-bond donors (Lipinski definition) is 1. The minimum Gasteiger partial charge on any atom is -0.478 e. The predicted molar refractivity (Wildman–Crippen MR) is 110 cm³/mol. The van der Waals surface area contributed by atoms with Crippen LogP contribution in [0.25, 0.3) is 0 Å². The van der Waals surface area contributed by atoms with Gasteiger partial charge in [0, 0.05) is 25.4 Å². The van der Waals surface area contributed by atoms with Crippen molar-refractivity contribution in [3.8, 4) is 0 Å². The van der Waals surface area contributed by atoms with Gasteiger partial charge in [-0.1, -0.05) is 23.3 Å². The fraction of sp³-hybridized carbons (Fsp3) is 0.545. The van der Waals surface area contributed by atoms with Gasteiger partial charge in [0.15, 0.2) is 6.29 Å². The molecule has 0 radical (unpaired) electrons. The van der Waals surface area contributed by atoms with E-state index in [1.807, 2.05) is 32.9 Å². The molecule has 0 aromatic heterocycles. The molecule has 0 aliphatic carbocycles. The molecule has 0 aromatic carbocycles. The molecule has 0 aromatic rings. The summed E-state index contributed by atoms with van der Waals surface area (Å²) in [6.07, 6.45) is 9.19. The molecule has 158 valence electrons. The van der Waals surface area contributed by atoms with Crippen molar-refractivity contribution in [2.24, 2.45) is 0 Å². The summed E-state index contributed by atoms with van der Waals surface area (Å²) < 4.78 is 15.2. The molecule has 6 nitrogen and oxygen atoms in total. The largest absolute Gasteiger partial charge is 0.478 e. The van der Waals surface area contributed by atoms with Gasteiger partial charge < -0.3 is 19.3 Å². The van der Waals surface area contributed by atoms with Gasteiger partial charge in [0.2, 0.25) is 0 Å². The van der Waals surface area contributed by atoms with Crippen molar-refractivity contribution in [2.45, 2.75) is 59.7 Å². The van der Waals surface area contributed by atoms with Gasteiger partial charge in [0.25, 0.3) is 0 Å². The van der Waals surface area contributed by atoms with Gasteiger partial charge in [-0.15, -0.1) is 0 Å². The fourth-order valence-corrected chi connectivity index (χ4v) is 2.27. The first kappa shape index (κ1) is 25.8. The summed E-state index contributed by atoms with van der Waals surface area (Å²) in [5, 5.41) is 9.27. The molecule has 28 heavy (non-hydrogen) atoms. The van der Waals surface area contributed by atoms with Crippen LogP contribution in [0.3, 0.4) is 0 Å². The van der Waals surface area contributed by atoms with Crippen LogP contribution in [0.5, 0.6) is 0 Å². The Kier molecular flexibility index (Phi) is 13.7. The van der Waals surface area contributed by atoms with Crippen LogP contribution in [0, 0.1) is 0 Å². The van der Waals surface area contributed by atoms with Gasteiger partial charge in [0.05, 0.1) is 0 Å². The second-order valence-electron chi connectivity index (χ2n) is 6.73. The zero-order valence-corrected chi connectivity index (χ0v) is 17.9. The molecule has 0 fully saturated rings. The summed E-state index contributed by atoms with van der Waals surface area (Å²) in [7, 11) is 2.97. The number of hydrogen-bond acceptors (Lipinski definition) is 5. The molecule has 0 atom stereocenters. The van der Waals surface area contributed by atoms with Crippen LogP contribution in [0.1, 0.15) is 53.4 Å². The number of rotatable bonds is 13. The Morgan fingerprint density at radius 2 is 1.54 bits per heavy atom. The molecule has 0 unspecified atom stereocenters. The second kappa shape index (κ2) is 14.8. The number of allylic oxidation sites excluding steroid dienone is 4. The Morgan fingerprint density at radius 3 is 2.07 bits per heavy atom. The number of carbonyl (C=O) groups excluding carboxylic acids is 1. The molecule has 0 saturated carbocycles. The lowest BCUT2D eigenvalue weighted by atomic mass is 10.1. The zero-order valence-electron chi connectivity index (χ0n) is 17.9. The van der Waals surface area contributed by atoms with Crippen LogP contribution >= 0.6 is 0 Å². The van der Waals surface area contributed by atoms with Crippen molar-refractivity contribution in [2.75, 3.05) is 20.8 Å². The number of carboxylic acid groups (broad SMARTS) is 1. The Labute approximate surface area is 168 Å². The molecule has 1 N–H and O–H groups in total. The lowest BCUT2D eigenvalue weighted by molar-refractivity contribution is -0.138. The summed E-state index contributed by atoms with van der Waals surface area (Å²) in [6.45, 7) is 7.72. The maximum atomic E-state index is 11.9. The summed E-state index contributed by atoms with van der Waals surface area (Å²) in [6, 6.07) is 0. The number of aliphatic carboxylic acids is 1. The highest BCUT2D eigenvalue weighted by Crippen LogP contribution is 2.12. The highest BCUT2D eigenvalue weighted by molar-refractivity contribution is 5.87. The lowest BCUT2D eigenvalue weighted by Gasteiger charge is -2.10. The molecule has 0 rings (SSSR count). The van der Waals surface area contributed by atoms with E-state index in [2.05, 4.69) is 0 Å². The third kappa shape index (κ3) is 12.3. The second-order valence-corrected chi connectivity index (χ2v) is 6.73. The van der Waals surface area contributed by atoms with Crippen molar-refractivity contribution in [3.05, 3.63) is 46.6 Å². The minimum absolute atomic E-state index is 0.163. The highest BCUT2D eigenvalue weighted by atomic mass is 16.7. The van der Waals surface area contributed by atoms with Gasteiger partial charge in [-0.3, -0.25) is 0 Å². The number of carboxylic acids is 1. The van der Waals surface area contributed by atoms with Gasteiger partial charge in [-0.25, -0.2) is 9.59 Å². The van der Waals surface area contributed by atoms with Crippen LogP contribution in [0.15, 0.2) is 46.6 Å². The van der Waals surface area contributed by atoms with Crippen LogP contribution < -0.4 is 0 Å². The van der Waals surface area contributed by atoms with E-state index in [-0.39, 0.29) is 6.61 Å². The first-order valence-electron chi connectivity index (χ1n) is 9.33. The highest BCUT2D eigenvalue weighted by Gasteiger charge is 2.09. The smallest absolute Gasteiger partial charge is 0.333 e. The van der Waals surface area contributed by atoms with Crippen LogP contribution in [-0.2, 0) is 23.8 Å². The fourth-order valence-electron chi connectivity index (χ4n) is 2.27. The molecule has 0 aliphatic rings. The third-order valence-electron chi connectivity index (χ3n) is 3.99. The Hall–Kier alpha value is -2.18. The maximum Gasteiger partial charge on any atom is 0.333 e. The monoisotopic (exact) mass is 394 g/mol. The van der Waals surface area contributed by atoms with E-state index in [0.29, 0.717) is 30.4 Å².